The third-order valence-electron chi connectivity index (χ3n) is 6.10. The highest BCUT2D eigenvalue weighted by molar-refractivity contribution is 5.86. The Hall–Kier alpha value is -4.62. The van der Waals surface area contributed by atoms with E-state index in [1.807, 2.05) is 101 Å². The Bertz CT molecular complexity index is 1470. The average molecular weight is 447 g/mol. The van der Waals surface area contributed by atoms with E-state index in [2.05, 4.69) is 28.3 Å². The molecule has 7 nitrogen and oxygen atoms in total. The van der Waals surface area contributed by atoms with E-state index in [0.29, 0.717) is 11.6 Å². The normalized spacial score (nSPS) is 15.4. The van der Waals surface area contributed by atoms with E-state index in [4.69, 9.17) is 9.40 Å². The Balaban J connectivity index is 1.57. The van der Waals surface area contributed by atoms with Crippen molar-refractivity contribution in [3.8, 4) is 11.5 Å². The van der Waals surface area contributed by atoms with Crippen LogP contribution >= 0.6 is 0 Å². The van der Waals surface area contributed by atoms with Gasteiger partial charge in [0.15, 0.2) is 5.54 Å². The summed E-state index contributed by atoms with van der Waals surface area (Å²) in [5.74, 6) is 0.535. The summed E-state index contributed by atoms with van der Waals surface area (Å²) in [4.78, 5) is 8.34. The maximum absolute atomic E-state index is 5.99. The van der Waals surface area contributed by atoms with Crippen LogP contribution in [0.5, 0.6) is 0 Å². The SMILES string of the molecule is C=CC(c1coc(-c2ccccc2)n1)(c1c[nH]c2ccccc12)N1NN=CN1c1ccccc1. The minimum Gasteiger partial charge on any atom is -0.444 e. The number of oxazole rings is 1. The zero-order chi connectivity index (χ0) is 23.0. The van der Waals surface area contributed by atoms with Gasteiger partial charge in [-0.25, -0.2) is 15.5 Å². The second-order valence-electron chi connectivity index (χ2n) is 7.96. The summed E-state index contributed by atoms with van der Waals surface area (Å²) >= 11 is 0. The molecular weight excluding hydrogens is 424 g/mol. The zero-order valence-electron chi connectivity index (χ0n) is 18.3. The number of nitrogens with zero attached hydrogens (tertiary/aromatic N) is 4. The average Bonchev–Trinajstić information content (AvgIpc) is 3.67. The molecule has 0 fully saturated rings. The molecule has 0 aliphatic carbocycles. The molecule has 0 bridgehead atoms. The van der Waals surface area contributed by atoms with Crippen molar-refractivity contribution in [1.82, 2.24) is 20.6 Å². The molecule has 1 aliphatic heterocycles. The number of H-pyrrole nitrogens is 1. The van der Waals surface area contributed by atoms with Gasteiger partial charge >= 0.3 is 0 Å². The number of fused-ring (bicyclic) bond motifs is 1. The number of anilines is 1. The second-order valence-corrected chi connectivity index (χ2v) is 7.96. The Labute approximate surface area is 196 Å². The summed E-state index contributed by atoms with van der Waals surface area (Å²) < 4.78 is 5.99. The number of hydrazine groups is 2. The van der Waals surface area contributed by atoms with Crippen LogP contribution in [-0.4, -0.2) is 21.4 Å². The van der Waals surface area contributed by atoms with Crippen LogP contribution < -0.4 is 10.5 Å². The molecule has 34 heavy (non-hydrogen) atoms. The first-order valence-corrected chi connectivity index (χ1v) is 11.0. The van der Waals surface area contributed by atoms with Gasteiger partial charge in [0, 0.05) is 28.2 Å². The monoisotopic (exact) mass is 446 g/mol. The lowest BCUT2D eigenvalue weighted by Gasteiger charge is -2.41. The lowest BCUT2D eigenvalue weighted by atomic mass is 9.86. The molecule has 1 unspecified atom stereocenters. The fourth-order valence-corrected chi connectivity index (χ4v) is 4.46. The van der Waals surface area contributed by atoms with Gasteiger partial charge in [-0.1, -0.05) is 65.8 Å². The minimum atomic E-state index is -0.956. The summed E-state index contributed by atoms with van der Waals surface area (Å²) in [7, 11) is 0. The van der Waals surface area contributed by atoms with Crippen molar-refractivity contribution < 1.29 is 4.42 Å². The van der Waals surface area contributed by atoms with E-state index in [1.165, 1.54) is 0 Å². The molecule has 1 aliphatic rings. The topological polar surface area (TPSA) is 72.7 Å². The number of hydrogen-bond donors (Lipinski definition) is 2. The molecule has 3 heterocycles. The highest BCUT2D eigenvalue weighted by Gasteiger charge is 2.47. The van der Waals surface area contributed by atoms with Crippen molar-refractivity contribution in [2.45, 2.75) is 5.54 Å². The number of nitrogens with one attached hydrogen (secondary N) is 2. The number of benzene rings is 3. The molecule has 166 valence electrons. The Morgan fingerprint density at radius 1 is 0.912 bits per heavy atom. The van der Waals surface area contributed by atoms with Crippen LogP contribution in [-0.2, 0) is 5.54 Å². The summed E-state index contributed by atoms with van der Waals surface area (Å²) in [5, 5.41) is 9.29. The van der Waals surface area contributed by atoms with Gasteiger partial charge in [-0.3, -0.25) is 0 Å². The molecule has 7 heteroatoms. The molecule has 1 atom stereocenters. The van der Waals surface area contributed by atoms with Crippen LogP contribution in [0.25, 0.3) is 22.4 Å². The number of aromatic amines is 1. The van der Waals surface area contributed by atoms with Gasteiger partial charge in [0.2, 0.25) is 5.89 Å². The maximum atomic E-state index is 5.99. The summed E-state index contributed by atoms with van der Waals surface area (Å²) in [6.07, 6.45) is 7.29. The fraction of sp³-hybridized carbons (Fsp3) is 0.0370. The summed E-state index contributed by atoms with van der Waals surface area (Å²) in [5.41, 5.74) is 6.69. The van der Waals surface area contributed by atoms with E-state index >= 15 is 0 Å². The molecule has 0 spiro atoms. The first-order valence-electron chi connectivity index (χ1n) is 11.0. The maximum Gasteiger partial charge on any atom is 0.226 e. The van der Waals surface area contributed by atoms with E-state index in [9.17, 15) is 0 Å². The number of hydrazone groups is 1. The van der Waals surface area contributed by atoms with Gasteiger partial charge in [0.25, 0.3) is 0 Å². The number of rotatable bonds is 6. The van der Waals surface area contributed by atoms with Crippen molar-refractivity contribution in [1.29, 1.82) is 0 Å². The third kappa shape index (κ3) is 3.02. The molecule has 2 aromatic heterocycles. The van der Waals surface area contributed by atoms with Crippen LogP contribution in [0.3, 0.4) is 0 Å². The predicted molar refractivity (Wildman–Crippen MR) is 134 cm³/mol. The van der Waals surface area contributed by atoms with E-state index in [0.717, 1.165) is 27.7 Å². The standard InChI is InChI=1S/C27H22N6O/c1-2-27(23-17-28-24-16-10-9-15-22(23)24,25-18-34-26(30-25)20-11-5-3-6-12-20)33-31-29-19-32(33)21-13-7-4-8-14-21/h2-19,28,31H,1H2. The van der Waals surface area contributed by atoms with Crippen molar-refractivity contribution >= 4 is 22.9 Å². The first-order chi connectivity index (χ1) is 16.8. The smallest absolute Gasteiger partial charge is 0.226 e. The third-order valence-corrected chi connectivity index (χ3v) is 6.10. The molecule has 3 aromatic carbocycles. The molecule has 2 N–H and O–H groups in total. The van der Waals surface area contributed by atoms with Gasteiger partial charge in [-0.2, -0.15) is 5.10 Å². The van der Waals surface area contributed by atoms with Crippen LogP contribution in [0.2, 0.25) is 0 Å². The van der Waals surface area contributed by atoms with E-state index in [1.54, 1.807) is 12.6 Å². The number of aromatic nitrogens is 2. The van der Waals surface area contributed by atoms with Crippen LogP contribution in [0, 0.1) is 0 Å². The van der Waals surface area contributed by atoms with Gasteiger partial charge in [0.1, 0.15) is 18.3 Å². The molecule has 5 aromatic rings. The van der Waals surface area contributed by atoms with Crippen LogP contribution in [0.15, 0.2) is 120 Å². The molecule has 0 radical (unpaired) electrons. The molecule has 6 rings (SSSR count). The Kier molecular flexibility index (Phi) is 4.75. The molecular formula is C27H22N6O. The predicted octanol–water partition coefficient (Wildman–Crippen LogP) is 5.44. The van der Waals surface area contributed by atoms with Crippen molar-refractivity contribution in [3.63, 3.8) is 0 Å². The minimum absolute atomic E-state index is 0.535. The first kappa shape index (κ1) is 20.0. The Morgan fingerprint density at radius 3 is 2.44 bits per heavy atom. The van der Waals surface area contributed by atoms with Crippen molar-refractivity contribution in [2.75, 3.05) is 5.01 Å². The van der Waals surface area contributed by atoms with Gasteiger partial charge in [-0.15, -0.1) is 6.58 Å². The largest absolute Gasteiger partial charge is 0.444 e. The van der Waals surface area contributed by atoms with Gasteiger partial charge in [0.05, 0.1) is 5.69 Å². The fourth-order valence-electron chi connectivity index (χ4n) is 4.46. The highest BCUT2D eigenvalue weighted by Crippen LogP contribution is 2.42. The highest BCUT2D eigenvalue weighted by atomic mass is 16.3. The Morgan fingerprint density at radius 2 is 1.65 bits per heavy atom. The molecule has 0 saturated heterocycles. The lowest BCUT2D eigenvalue weighted by Crippen LogP contribution is -2.56. The van der Waals surface area contributed by atoms with Crippen LogP contribution in [0.4, 0.5) is 5.69 Å². The van der Waals surface area contributed by atoms with E-state index in [-0.39, 0.29) is 0 Å². The molecule has 0 saturated carbocycles. The zero-order valence-corrected chi connectivity index (χ0v) is 18.3. The van der Waals surface area contributed by atoms with Crippen molar-refractivity contribution in [2.24, 2.45) is 5.10 Å². The number of para-hydroxylation sites is 2. The second kappa shape index (κ2) is 8.06. The lowest BCUT2D eigenvalue weighted by molar-refractivity contribution is 0.116. The van der Waals surface area contributed by atoms with Crippen molar-refractivity contribution in [3.05, 3.63) is 121 Å². The molecule has 0 amide bonds. The summed E-state index contributed by atoms with van der Waals surface area (Å²) in [6.45, 7) is 4.27. The van der Waals surface area contributed by atoms with Crippen LogP contribution in [0.1, 0.15) is 11.3 Å². The van der Waals surface area contributed by atoms with E-state index < -0.39 is 5.54 Å². The quantitative estimate of drug-likeness (QED) is 0.340. The van der Waals surface area contributed by atoms with Gasteiger partial charge in [-0.05, 0) is 30.3 Å². The summed E-state index contributed by atoms with van der Waals surface area (Å²) in [6, 6.07) is 28.0. The number of hydrogen-bond acceptors (Lipinski definition) is 6. The van der Waals surface area contributed by atoms with Gasteiger partial charge < -0.3 is 9.40 Å².